The lowest BCUT2D eigenvalue weighted by molar-refractivity contribution is -0.0143. The zero-order chi connectivity index (χ0) is 18.1. The summed E-state index contributed by atoms with van der Waals surface area (Å²) in [5, 5.41) is 5.67. The van der Waals surface area contributed by atoms with Gasteiger partial charge in [-0.2, -0.15) is 5.10 Å². The molecule has 0 saturated carbocycles. The van der Waals surface area contributed by atoms with E-state index in [1.807, 2.05) is 18.2 Å². The lowest BCUT2D eigenvalue weighted by Crippen LogP contribution is -2.23. The molecule has 2 aromatic carbocycles. The molecule has 1 aromatic heterocycles. The molecule has 1 amide bonds. The van der Waals surface area contributed by atoms with E-state index in [-0.39, 0.29) is 6.10 Å². The summed E-state index contributed by atoms with van der Waals surface area (Å²) >= 11 is 2.22. The van der Waals surface area contributed by atoms with Crippen LogP contribution in [0.2, 0.25) is 0 Å². The van der Waals surface area contributed by atoms with Crippen molar-refractivity contribution in [3.8, 4) is 0 Å². The molecule has 134 valence electrons. The van der Waals surface area contributed by atoms with E-state index in [1.54, 1.807) is 6.07 Å². The number of hydrogen-bond donors (Lipinski definition) is 1. The Bertz CT molecular complexity index is 939. The molecule has 2 atom stereocenters. The average molecular weight is 461 g/mol. The quantitative estimate of drug-likeness (QED) is 0.600. The van der Waals surface area contributed by atoms with E-state index in [4.69, 9.17) is 15.6 Å². The standard InChI is InChI=1S/C20H20IN3O2/c21-19-16-11-15(20(22)25)6-7-17(16)24(23-19)12-13-8-9-26-18(10-13)14-4-2-1-3-5-14/h1-7,11,13,18H,8-10,12H2,(H2,22,25). The second-order valence-corrected chi connectivity index (χ2v) is 7.75. The Morgan fingerprint density at radius 1 is 1.27 bits per heavy atom. The summed E-state index contributed by atoms with van der Waals surface area (Å²) < 4.78 is 8.94. The fourth-order valence-electron chi connectivity index (χ4n) is 3.61. The van der Waals surface area contributed by atoms with Crippen molar-refractivity contribution in [1.29, 1.82) is 0 Å². The van der Waals surface area contributed by atoms with Gasteiger partial charge in [0.25, 0.3) is 0 Å². The number of nitrogens with zero attached hydrogens (tertiary/aromatic N) is 2. The molecule has 1 fully saturated rings. The summed E-state index contributed by atoms with van der Waals surface area (Å²) in [5.74, 6) is 0.0919. The zero-order valence-electron chi connectivity index (χ0n) is 14.3. The predicted molar refractivity (Wildman–Crippen MR) is 109 cm³/mol. The number of hydrogen-bond acceptors (Lipinski definition) is 3. The number of benzene rings is 2. The molecule has 1 aliphatic heterocycles. The highest BCUT2D eigenvalue weighted by molar-refractivity contribution is 14.1. The second-order valence-electron chi connectivity index (χ2n) is 6.73. The monoisotopic (exact) mass is 461 g/mol. The maximum atomic E-state index is 11.4. The second kappa shape index (κ2) is 7.36. The molecular weight excluding hydrogens is 441 g/mol. The Morgan fingerprint density at radius 3 is 2.85 bits per heavy atom. The van der Waals surface area contributed by atoms with Gasteiger partial charge in [-0.05, 0) is 65.1 Å². The lowest BCUT2D eigenvalue weighted by atomic mass is 9.92. The van der Waals surface area contributed by atoms with Crippen molar-refractivity contribution in [2.75, 3.05) is 6.61 Å². The molecule has 0 spiro atoms. The number of aromatic nitrogens is 2. The first-order valence-corrected chi connectivity index (χ1v) is 9.82. The number of fused-ring (bicyclic) bond motifs is 1. The van der Waals surface area contributed by atoms with Crippen LogP contribution in [0.4, 0.5) is 0 Å². The number of ether oxygens (including phenoxy) is 1. The first-order valence-electron chi connectivity index (χ1n) is 8.74. The van der Waals surface area contributed by atoms with Gasteiger partial charge in [0.2, 0.25) is 5.91 Å². The minimum absolute atomic E-state index is 0.150. The Labute approximate surface area is 165 Å². The van der Waals surface area contributed by atoms with E-state index in [0.717, 1.165) is 40.6 Å². The summed E-state index contributed by atoms with van der Waals surface area (Å²) in [6, 6.07) is 16.0. The van der Waals surface area contributed by atoms with Gasteiger partial charge in [-0.25, -0.2) is 0 Å². The van der Waals surface area contributed by atoms with Gasteiger partial charge in [0, 0.05) is 24.1 Å². The molecule has 5 nitrogen and oxygen atoms in total. The molecule has 0 radical (unpaired) electrons. The van der Waals surface area contributed by atoms with Crippen LogP contribution in [0.25, 0.3) is 10.9 Å². The number of carbonyl (C=O) groups is 1. The molecule has 3 aromatic rings. The van der Waals surface area contributed by atoms with E-state index < -0.39 is 5.91 Å². The molecule has 6 heteroatoms. The van der Waals surface area contributed by atoms with E-state index in [0.29, 0.717) is 11.5 Å². The summed E-state index contributed by atoms with van der Waals surface area (Å²) in [5.41, 5.74) is 8.20. The fourth-order valence-corrected chi connectivity index (χ4v) is 4.30. The first kappa shape index (κ1) is 17.5. The van der Waals surface area contributed by atoms with Crippen molar-refractivity contribution in [2.45, 2.75) is 25.5 Å². The van der Waals surface area contributed by atoms with Crippen LogP contribution in [0.15, 0.2) is 48.5 Å². The summed E-state index contributed by atoms with van der Waals surface area (Å²) in [6.45, 7) is 1.62. The smallest absolute Gasteiger partial charge is 0.248 e. The van der Waals surface area contributed by atoms with Crippen LogP contribution in [0.1, 0.15) is 34.9 Å². The Hall–Kier alpha value is -1.93. The molecule has 0 aliphatic carbocycles. The number of amides is 1. The van der Waals surface area contributed by atoms with Gasteiger partial charge in [0.1, 0.15) is 3.70 Å². The van der Waals surface area contributed by atoms with Gasteiger partial charge < -0.3 is 10.5 Å². The van der Waals surface area contributed by atoms with Crippen molar-refractivity contribution in [3.05, 3.63) is 63.4 Å². The van der Waals surface area contributed by atoms with Crippen LogP contribution < -0.4 is 5.73 Å². The molecule has 2 unspecified atom stereocenters. The van der Waals surface area contributed by atoms with Crippen LogP contribution in [0.3, 0.4) is 0 Å². The van der Waals surface area contributed by atoms with Crippen molar-refractivity contribution >= 4 is 39.4 Å². The Kier molecular flexibility index (Phi) is 4.95. The highest BCUT2D eigenvalue weighted by Gasteiger charge is 2.25. The number of nitrogens with two attached hydrogens (primary N) is 1. The van der Waals surface area contributed by atoms with Crippen LogP contribution in [-0.4, -0.2) is 22.3 Å². The minimum Gasteiger partial charge on any atom is -0.374 e. The summed E-state index contributed by atoms with van der Waals surface area (Å²) in [4.78, 5) is 11.4. The lowest BCUT2D eigenvalue weighted by Gasteiger charge is -2.30. The Balaban J connectivity index is 1.56. The largest absolute Gasteiger partial charge is 0.374 e. The van der Waals surface area contributed by atoms with Gasteiger partial charge in [0.05, 0.1) is 11.6 Å². The zero-order valence-corrected chi connectivity index (χ0v) is 16.4. The Morgan fingerprint density at radius 2 is 2.08 bits per heavy atom. The highest BCUT2D eigenvalue weighted by Crippen LogP contribution is 2.33. The predicted octanol–water partition coefficient (Wildman–Crippen LogP) is 3.91. The van der Waals surface area contributed by atoms with Crippen LogP contribution >= 0.6 is 22.6 Å². The van der Waals surface area contributed by atoms with E-state index in [2.05, 4.69) is 51.5 Å². The molecule has 2 heterocycles. The molecule has 4 rings (SSSR count). The number of rotatable bonds is 4. The third-order valence-electron chi connectivity index (χ3n) is 4.98. The van der Waals surface area contributed by atoms with Gasteiger partial charge in [-0.3, -0.25) is 9.48 Å². The molecule has 1 saturated heterocycles. The SMILES string of the molecule is NC(=O)c1ccc2c(c1)c(I)nn2CC1CCOC(c2ccccc2)C1. The van der Waals surface area contributed by atoms with Crippen molar-refractivity contribution < 1.29 is 9.53 Å². The van der Waals surface area contributed by atoms with Gasteiger partial charge in [-0.15, -0.1) is 0 Å². The third kappa shape index (κ3) is 3.48. The maximum absolute atomic E-state index is 11.4. The topological polar surface area (TPSA) is 70.1 Å². The van der Waals surface area contributed by atoms with Crippen molar-refractivity contribution in [2.24, 2.45) is 11.7 Å². The van der Waals surface area contributed by atoms with E-state index in [1.165, 1.54) is 5.56 Å². The summed E-state index contributed by atoms with van der Waals surface area (Å²) in [7, 11) is 0. The van der Waals surface area contributed by atoms with Crippen molar-refractivity contribution in [3.63, 3.8) is 0 Å². The van der Waals surface area contributed by atoms with Crippen LogP contribution in [-0.2, 0) is 11.3 Å². The third-order valence-corrected chi connectivity index (χ3v) is 5.78. The van der Waals surface area contributed by atoms with Gasteiger partial charge in [0.15, 0.2) is 0 Å². The van der Waals surface area contributed by atoms with Gasteiger partial charge >= 0.3 is 0 Å². The minimum atomic E-state index is -0.411. The molecule has 0 bridgehead atoms. The molecule has 26 heavy (non-hydrogen) atoms. The fraction of sp³-hybridized carbons (Fsp3) is 0.300. The van der Waals surface area contributed by atoms with Crippen LogP contribution in [0.5, 0.6) is 0 Å². The van der Waals surface area contributed by atoms with Crippen LogP contribution in [0, 0.1) is 9.62 Å². The molecule has 1 aliphatic rings. The molecule has 2 N–H and O–H groups in total. The first-order chi connectivity index (χ1) is 12.6. The van der Waals surface area contributed by atoms with Gasteiger partial charge in [-0.1, -0.05) is 30.3 Å². The summed E-state index contributed by atoms with van der Waals surface area (Å²) in [6.07, 6.45) is 2.17. The van der Waals surface area contributed by atoms with Crippen molar-refractivity contribution in [1.82, 2.24) is 9.78 Å². The number of carbonyl (C=O) groups excluding carboxylic acids is 1. The average Bonchev–Trinajstić information content (AvgIpc) is 2.98. The molecular formula is C20H20IN3O2. The highest BCUT2D eigenvalue weighted by atomic mass is 127. The van der Waals surface area contributed by atoms with E-state index in [9.17, 15) is 4.79 Å². The normalized spacial score (nSPS) is 20.3. The maximum Gasteiger partial charge on any atom is 0.248 e. The number of halogens is 1. The number of primary amides is 1. The van der Waals surface area contributed by atoms with E-state index >= 15 is 0 Å².